The molecule has 9 heteroatoms. The van der Waals surface area contributed by atoms with Gasteiger partial charge in [0.2, 0.25) is 0 Å². The van der Waals surface area contributed by atoms with Crippen molar-refractivity contribution in [3.63, 3.8) is 0 Å². The van der Waals surface area contributed by atoms with Crippen LogP contribution < -0.4 is 5.56 Å². The Labute approximate surface area is 158 Å². The van der Waals surface area contributed by atoms with Crippen molar-refractivity contribution in [2.75, 3.05) is 0 Å². The summed E-state index contributed by atoms with van der Waals surface area (Å²) in [4.78, 5) is 28.8. The molecule has 0 atom stereocenters. The van der Waals surface area contributed by atoms with Gasteiger partial charge in [-0.2, -0.15) is 13.2 Å². The number of alkyl halides is 3. The van der Waals surface area contributed by atoms with Crippen molar-refractivity contribution in [1.82, 2.24) is 14.0 Å². The second kappa shape index (κ2) is 7.14. The first kappa shape index (κ1) is 19.7. The molecule has 148 valence electrons. The van der Waals surface area contributed by atoms with Crippen molar-refractivity contribution in [3.8, 4) is 0 Å². The van der Waals surface area contributed by atoms with E-state index in [0.29, 0.717) is 11.3 Å². The third-order valence-corrected chi connectivity index (χ3v) is 4.34. The van der Waals surface area contributed by atoms with Crippen LogP contribution in [0.2, 0.25) is 0 Å². The number of ether oxygens (including phenoxy) is 1. The molecule has 0 aliphatic rings. The summed E-state index contributed by atoms with van der Waals surface area (Å²) < 4.78 is 45.7. The number of hydrogen-bond donors (Lipinski definition) is 0. The number of pyridine rings is 1. The molecule has 0 amide bonds. The normalized spacial score (nSPS) is 11.8. The molecule has 0 bridgehead atoms. The minimum absolute atomic E-state index is 0.0508. The molecule has 0 fully saturated rings. The zero-order valence-corrected chi connectivity index (χ0v) is 15.5. The van der Waals surface area contributed by atoms with Crippen LogP contribution >= 0.6 is 0 Å². The summed E-state index contributed by atoms with van der Waals surface area (Å²) in [5.41, 5.74) is 1.77. The van der Waals surface area contributed by atoms with Crippen LogP contribution in [0.15, 0.2) is 35.3 Å². The fraction of sp³-hybridized carbons (Fsp3) is 0.316. The van der Waals surface area contributed by atoms with Gasteiger partial charge in [0.25, 0.3) is 5.56 Å². The monoisotopic (exact) mass is 393 g/mol. The van der Waals surface area contributed by atoms with Gasteiger partial charge >= 0.3 is 12.1 Å². The molecular formula is C19H18F3N3O3. The van der Waals surface area contributed by atoms with Crippen LogP contribution in [0, 0.1) is 20.8 Å². The molecule has 0 spiro atoms. The lowest BCUT2D eigenvalue weighted by atomic mass is 10.2. The van der Waals surface area contributed by atoms with Gasteiger partial charge in [0.05, 0.1) is 11.3 Å². The first-order valence-corrected chi connectivity index (χ1v) is 8.45. The Morgan fingerprint density at radius 1 is 1.18 bits per heavy atom. The maximum atomic E-state index is 12.7. The van der Waals surface area contributed by atoms with E-state index in [0.717, 1.165) is 10.1 Å². The molecule has 0 radical (unpaired) electrons. The van der Waals surface area contributed by atoms with E-state index in [2.05, 4.69) is 4.98 Å². The number of aromatic nitrogens is 3. The minimum atomic E-state index is -4.40. The summed E-state index contributed by atoms with van der Waals surface area (Å²) in [5.74, 6) is -0.771. The molecule has 0 unspecified atom stereocenters. The van der Waals surface area contributed by atoms with Gasteiger partial charge in [0, 0.05) is 23.7 Å². The summed E-state index contributed by atoms with van der Waals surface area (Å²) >= 11 is 0. The average Bonchev–Trinajstić information content (AvgIpc) is 2.87. The highest BCUT2D eigenvalue weighted by Crippen LogP contribution is 2.23. The third-order valence-electron chi connectivity index (χ3n) is 4.34. The van der Waals surface area contributed by atoms with Gasteiger partial charge in [-0.05, 0) is 38.5 Å². The maximum Gasteiger partial charge on any atom is 0.406 e. The number of fused-ring (bicyclic) bond motifs is 1. The second-order valence-corrected chi connectivity index (χ2v) is 6.58. The predicted molar refractivity (Wildman–Crippen MR) is 95.3 cm³/mol. The Morgan fingerprint density at radius 3 is 2.57 bits per heavy atom. The fourth-order valence-electron chi connectivity index (χ4n) is 2.98. The highest BCUT2D eigenvalue weighted by molar-refractivity contribution is 5.91. The SMILES string of the molecule is Cc1ccc2nc(COC(=O)c3cc(C)n(CC(F)(F)F)c3C)cc(=O)n2c1. The van der Waals surface area contributed by atoms with Crippen LogP contribution in [-0.4, -0.2) is 26.1 Å². The maximum absolute atomic E-state index is 12.7. The lowest BCUT2D eigenvalue weighted by Crippen LogP contribution is -2.20. The number of halogens is 3. The molecule has 0 aliphatic carbocycles. The van der Waals surface area contributed by atoms with Crippen LogP contribution in [0.25, 0.3) is 5.65 Å². The highest BCUT2D eigenvalue weighted by atomic mass is 19.4. The number of aryl methyl sites for hydroxylation is 2. The van der Waals surface area contributed by atoms with E-state index in [1.54, 1.807) is 18.3 Å². The van der Waals surface area contributed by atoms with Crippen molar-refractivity contribution >= 4 is 11.6 Å². The summed E-state index contributed by atoms with van der Waals surface area (Å²) in [7, 11) is 0. The zero-order valence-electron chi connectivity index (χ0n) is 15.5. The first-order valence-electron chi connectivity index (χ1n) is 8.45. The van der Waals surface area contributed by atoms with Crippen molar-refractivity contribution in [2.24, 2.45) is 0 Å². The molecule has 3 aromatic rings. The lowest BCUT2D eigenvalue weighted by molar-refractivity contribution is -0.141. The average molecular weight is 393 g/mol. The summed E-state index contributed by atoms with van der Waals surface area (Å²) in [6.45, 7) is 3.32. The van der Waals surface area contributed by atoms with Crippen LogP contribution in [0.4, 0.5) is 13.2 Å². The van der Waals surface area contributed by atoms with E-state index < -0.39 is 18.7 Å². The minimum Gasteiger partial charge on any atom is -0.456 e. The summed E-state index contributed by atoms with van der Waals surface area (Å²) in [6.07, 6.45) is -2.75. The summed E-state index contributed by atoms with van der Waals surface area (Å²) in [6, 6.07) is 6.08. The molecule has 3 aromatic heterocycles. The van der Waals surface area contributed by atoms with Crippen molar-refractivity contribution < 1.29 is 22.7 Å². The van der Waals surface area contributed by atoms with E-state index >= 15 is 0 Å². The van der Waals surface area contributed by atoms with Crippen LogP contribution in [0.5, 0.6) is 0 Å². The van der Waals surface area contributed by atoms with Crippen molar-refractivity contribution in [3.05, 3.63) is 69.0 Å². The Kier molecular flexibility index (Phi) is 5.01. The highest BCUT2D eigenvalue weighted by Gasteiger charge is 2.30. The molecular weight excluding hydrogens is 375 g/mol. The summed E-state index contributed by atoms with van der Waals surface area (Å²) in [5, 5.41) is 0. The van der Waals surface area contributed by atoms with Gasteiger partial charge in [0.15, 0.2) is 0 Å². The van der Waals surface area contributed by atoms with Gasteiger partial charge in [-0.1, -0.05) is 6.07 Å². The van der Waals surface area contributed by atoms with Gasteiger partial charge in [-0.3, -0.25) is 9.20 Å². The molecule has 0 saturated carbocycles. The molecule has 6 nitrogen and oxygen atoms in total. The van der Waals surface area contributed by atoms with Crippen LogP contribution in [0.1, 0.15) is 33.0 Å². The number of rotatable bonds is 4. The lowest BCUT2D eigenvalue weighted by Gasteiger charge is -2.12. The van der Waals surface area contributed by atoms with Gasteiger partial charge in [-0.25, -0.2) is 9.78 Å². The third kappa shape index (κ3) is 4.08. The molecule has 3 heterocycles. The Morgan fingerprint density at radius 2 is 1.89 bits per heavy atom. The second-order valence-electron chi connectivity index (χ2n) is 6.58. The van der Waals surface area contributed by atoms with E-state index in [-0.39, 0.29) is 29.1 Å². The van der Waals surface area contributed by atoms with Gasteiger partial charge < -0.3 is 9.30 Å². The number of carbonyl (C=O) groups is 1. The molecule has 28 heavy (non-hydrogen) atoms. The Balaban J connectivity index is 1.79. The molecule has 0 N–H and O–H groups in total. The Bertz CT molecular complexity index is 1110. The smallest absolute Gasteiger partial charge is 0.406 e. The first-order chi connectivity index (χ1) is 13.0. The quantitative estimate of drug-likeness (QED) is 0.638. The zero-order chi connectivity index (χ0) is 20.6. The molecule has 3 rings (SSSR count). The Hall–Kier alpha value is -3.10. The van der Waals surface area contributed by atoms with E-state index in [9.17, 15) is 22.8 Å². The number of nitrogens with zero attached hydrogens (tertiary/aromatic N) is 3. The van der Waals surface area contributed by atoms with Gasteiger partial charge in [-0.15, -0.1) is 0 Å². The fourth-order valence-corrected chi connectivity index (χ4v) is 2.98. The van der Waals surface area contributed by atoms with E-state index in [1.165, 1.54) is 30.4 Å². The number of esters is 1. The molecule has 0 aliphatic heterocycles. The standard InChI is InChI=1S/C19H18F3N3O3/c1-11-4-5-16-23-14(7-17(26)24(16)8-11)9-28-18(27)15-6-12(2)25(13(15)3)10-19(20,21)22/h4-8H,9-10H2,1-3H3. The largest absolute Gasteiger partial charge is 0.456 e. The van der Waals surface area contributed by atoms with Crippen LogP contribution in [-0.2, 0) is 17.9 Å². The van der Waals surface area contributed by atoms with Crippen LogP contribution in [0.3, 0.4) is 0 Å². The van der Waals surface area contributed by atoms with Crippen molar-refractivity contribution in [2.45, 2.75) is 40.1 Å². The van der Waals surface area contributed by atoms with Gasteiger partial charge in [0.1, 0.15) is 18.8 Å². The number of carbonyl (C=O) groups excluding carboxylic acids is 1. The van der Waals surface area contributed by atoms with E-state index in [1.807, 2.05) is 6.92 Å². The molecule has 0 saturated heterocycles. The molecule has 0 aromatic carbocycles. The predicted octanol–water partition coefficient (Wildman–Crippen LogP) is 3.34. The number of hydrogen-bond acceptors (Lipinski definition) is 4. The van der Waals surface area contributed by atoms with E-state index in [4.69, 9.17) is 4.74 Å². The topological polar surface area (TPSA) is 65.6 Å². The van der Waals surface area contributed by atoms with Crippen molar-refractivity contribution in [1.29, 1.82) is 0 Å².